The van der Waals surface area contributed by atoms with Crippen LogP contribution in [0.25, 0.3) is 0 Å². The lowest BCUT2D eigenvalue weighted by molar-refractivity contribution is -0.0704. The molecule has 0 saturated carbocycles. The van der Waals surface area contributed by atoms with E-state index in [-0.39, 0.29) is 17.7 Å². The maximum atomic E-state index is 13.5. The van der Waals surface area contributed by atoms with Crippen molar-refractivity contribution in [2.45, 2.75) is 25.5 Å². The number of benzene rings is 1. The van der Waals surface area contributed by atoms with Crippen LogP contribution >= 0.6 is 0 Å². The van der Waals surface area contributed by atoms with Crippen LogP contribution in [0.2, 0.25) is 0 Å². The normalized spacial score (nSPS) is 23.0. The molecule has 0 radical (unpaired) electrons. The zero-order valence-electron chi connectivity index (χ0n) is 12.6. The van der Waals surface area contributed by atoms with Crippen LogP contribution in [0.5, 0.6) is 0 Å². The number of rotatable bonds is 5. The second-order valence-corrected chi connectivity index (χ2v) is 5.30. The Morgan fingerprint density at radius 2 is 2.33 bits per heavy atom. The highest BCUT2D eigenvalue weighted by molar-refractivity contribution is 5.36. The van der Waals surface area contributed by atoms with E-state index in [4.69, 9.17) is 10.00 Å². The molecule has 1 N–H and O–H groups in total. The number of hydrogen-bond donors (Lipinski definition) is 1. The van der Waals surface area contributed by atoms with Crippen molar-refractivity contribution < 1.29 is 9.13 Å². The number of likely N-dealkylation sites (N-methyl/N-ethyl adjacent to an activating group) is 1. The minimum absolute atomic E-state index is 0.00676. The van der Waals surface area contributed by atoms with Gasteiger partial charge in [0.15, 0.2) is 0 Å². The SMILES string of the molecule is CCCN1CCOC(CNC)C1c1ccc(F)c(C#N)c1. The Bertz CT molecular complexity index is 497. The van der Waals surface area contributed by atoms with Gasteiger partial charge in [0.25, 0.3) is 0 Å². The summed E-state index contributed by atoms with van der Waals surface area (Å²) < 4.78 is 19.4. The number of halogens is 1. The quantitative estimate of drug-likeness (QED) is 0.902. The van der Waals surface area contributed by atoms with E-state index in [9.17, 15) is 4.39 Å². The van der Waals surface area contributed by atoms with Gasteiger partial charge in [-0.3, -0.25) is 4.90 Å². The molecule has 1 saturated heterocycles. The third-order valence-corrected chi connectivity index (χ3v) is 3.82. The Balaban J connectivity index is 2.35. The smallest absolute Gasteiger partial charge is 0.140 e. The van der Waals surface area contributed by atoms with Gasteiger partial charge in [-0.25, -0.2) is 4.39 Å². The average Bonchev–Trinajstić information content (AvgIpc) is 2.49. The Hall–Kier alpha value is -1.48. The fourth-order valence-corrected chi connectivity index (χ4v) is 2.93. The molecule has 0 spiro atoms. The van der Waals surface area contributed by atoms with E-state index in [2.05, 4.69) is 17.1 Å². The molecular formula is C16H22FN3O. The molecule has 1 aliphatic heterocycles. The number of nitrogens with zero attached hydrogens (tertiary/aromatic N) is 2. The van der Waals surface area contributed by atoms with E-state index >= 15 is 0 Å². The molecular weight excluding hydrogens is 269 g/mol. The van der Waals surface area contributed by atoms with Crippen molar-refractivity contribution in [3.05, 3.63) is 35.1 Å². The first kappa shape index (κ1) is 15.9. The summed E-state index contributed by atoms with van der Waals surface area (Å²) in [7, 11) is 1.89. The lowest BCUT2D eigenvalue weighted by atomic mass is 9.96. The maximum absolute atomic E-state index is 13.5. The molecule has 0 aliphatic carbocycles. The number of ether oxygens (including phenoxy) is 1. The molecule has 4 nitrogen and oxygen atoms in total. The number of nitriles is 1. The molecule has 21 heavy (non-hydrogen) atoms. The molecule has 0 aromatic heterocycles. The highest BCUT2D eigenvalue weighted by Gasteiger charge is 2.33. The van der Waals surface area contributed by atoms with Gasteiger partial charge in [0.05, 0.1) is 24.3 Å². The standard InChI is InChI=1S/C16H22FN3O/c1-3-6-20-7-8-21-15(11-19-2)16(20)12-4-5-14(17)13(9-12)10-18/h4-5,9,15-16,19H,3,6-8,11H2,1-2H3. The van der Waals surface area contributed by atoms with Crippen LogP contribution < -0.4 is 5.32 Å². The Labute approximate surface area is 125 Å². The molecule has 0 amide bonds. The molecule has 114 valence electrons. The van der Waals surface area contributed by atoms with Crippen LogP contribution in [0, 0.1) is 17.1 Å². The van der Waals surface area contributed by atoms with Crippen molar-refractivity contribution in [1.29, 1.82) is 5.26 Å². The first-order chi connectivity index (χ1) is 10.2. The van der Waals surface area contributed by atoms with Gasteiger partial charge in [-0.15, -0.1) is 0 Å². The second-order valence-electron chi connectivity index (χ2n) is 5.30. The fourth-order valence-electron chi connectivity index (χ4n) is 2.93. The topological polar surface area (TPSA) is 48.3 Å². The Kier molecular flexibility index (Phi) is 5.68. The third kappa shape index (κ3) is 3.59. The number of nitrogens with one attached hydrogen (secondary N) is 1. The summed E-state index contributed by atoms with van der Waals surface area (Å²) in [5, 5.41) is 12.2. The zero-order valence-corrected chi connectivity index (χ0v) is 12.6. The summed E-state index contributed by atoms with van der Waals surface area (Å²) in [6, 6.07) is 6.77. The molecule has 2 atom stereocenters. The van der Waals surface area contributed by atoms with E-state index in [0.717, 1.165) is 31.6 Å². The molecule has 1 aliphatic rings. The minimum Gasteiger partial charge on any atom is -0.374 e. The number of morpholine rings is 1. The van der Waals surface area contributed by atoms with Crippen LogP contribution in [-0.4, -0.2) is 44.3 Å². The van der Waals surface area contributed by atoms with Crippen molar-refractivity contribution in [2.24, 2.45) is 0 Å². The highest BCUT2D eigenvalue weighted by Crippen LogP contribution is 2.30. The third-order valence-electron chi connectivity index (χ3n) is 3.82. The van der Waals surface area contributed by atoms with E-state index in [1.54, 1.807) is 12.1 Å². The zero-order chi connectivity index (χ0) is 15.2. The van der Waals surface area contributed by atoms with Crippen LogP contribution in [0.4, 0.5) is 4.39 Å². The summed E-state index contributed by atoms with van der Waals surface area (Å²) >= 11 is 0. The van der Waals surface area contributed by atoms with E-state index in [0.29, 0.717) is 6.61 Å². The van der Waals surface area contributed by atoms with Gasteiger partial charge >= 0.3 is 0 Å². The van der Waals surface area contributed by atoms with Crippen molar-refractivity contribution in [3.8, 4) is 6.07 Å². The summed E-state index contributed by atoms with van der Waals surface area (Å²) in [6.07, 6.45) is 1.06. The lowest BCUT2D eigenvalue weighted by Crippen LogP contribution is -2.48. The van der Waals surface area contributed by atoms with E-state index < -0.39 is 5.82 Å². The van der Waals surface area contributed by atoms with Gasteiger partial charge in [-0.2, -0.15) is 5.26 Å². The largest absolute Gasteiger partial charge is 0.374 e. The molecule has 0 bridgehead atoms. The first-order valence-electron chi connectivity index (χ1n) is 7.41. The second kappa shape index (κ2) is 7.51. The van der Waals surface area contributed by atoms with Gasteiger partial charge in [0, 0.05) is 13.1 Å². The van der Waals surface area contributed by atoms with Gasteiger partial charge in [-0.1, -0.05) is 13.0 Å². The van der Waals surface area contributed by atoms with Crippen molar-refractivity contribution >= 4 is 0 Å². The van der Waals surface area contributed by atoms with E-state index in [1.165, 1.54) is 6.07 Å². The maximum Gasteiger partial charge on any atom is 0.140 e. The van der Waals surface area contributed by atoms with Crippen LogP contribution in [-0.2, 0) is 4.74 Å². The summed E-state index contributed by atoms with van der Waals surface area (Å²) in [5.41, 5.74) is 1.04. The van der Waals surface area contributed by atoms with Gasteiger partial charge in [-0.05, 0) is 37.7 Å². The van der Waals surface area contributed by atoms with Gasteiger partial charge < -0.3 is 10.1 Å². The minimum atomic E-state index is -0.467. The van der Waals surface area contributed by atoms with Crippen molar-refractivity contribution in [1.82, 2.24) is 10.2 Å². The highest BCUT2D eigenvalue weighted by atomic mass is 19.1. The summed E-state index contributed by atoms with van der Waals surface area (Å²) in [4.78, 5) is 2.36. The summed E-state index contributed by atoms with van der Waals surface area (Å²) in [6.45, 7) is 5.40. The molecule has 2 unspecified atom stereocenters. The predicted molar refractivity (Wildman–Crippen MR) is 79.4 cm³/mol. The number of hydrogen-bond acceptors (Lipinski definition) is 4. The monoisotopic (exact) mass is 291 g/mol. The van der Waals surface area contributed by atoms with Crippen molar-refractivity contribution in [2.75, 3.05) is 33.3 Å². The van der Waals surface area contributed by atoms with Gasteiger partial charge in [0.2, 0.25) is 0 Å². The van der Waals surface area contributed by atoms with Crippen LogP contribution in [0.15, 0.2) is 18.2 Å². The molecule has 1 aromatic carbocycles. The van der Waals surface area contributed by atoms with Crippen LogP contribution in [0.3, 0.4) is 0 Å². The predicted octanol–water partition coefficient (Wildman–Crippen LogP) is 2.07. The van der Waals surface area contributed by atoms with Crippen LogP contribution in [0.1, 0.15) is 30.5 Å². The molecule has 1 heterocycles. The molecule has 1 aromatic rings. The van der Waals surface area contributed by atoms with Crippen molar-refractivity contribution in [3.63, 3.8) is 0 Å². The fraction of sp³-hybridized carbons (Fsp3) is 0.562. The Morgan fingerprint density at radius 3 is 3.00 bits per heavy atom. The van der Waals surface area contributed by atoms with Gasteiger partial charge in [0.1, 0.15) is 11.9 Å². The molecule has 2 rings (SSSR count). The Morgan fingerprint density at radius 1 is 1.52 bits per heavy atom. The summed E-state index contributed by atoms with van der Waals surface area (Å²) in [5.74, 6) is -0.467. The van der Waals surface area contributed by atoms with E-state index in [1.807, 2.05) is 13.1 Å². The lowest BCUT2D eigenvalue weighted by Gasteiger charge is -2.41. The average molecular weight is 291 g/mol. The molecule has 1 fully saturated rings. The molecule has 5 heteroatoms. The first-order valence-corrected chi connectivity index (χ1v) is 7.41.